The zero-order valence-corrected chi connectivity index (χ0v) is 43.6. The third-order valence-electron chi connectivity index (χ3n) is 12.5. The van der Waals surface area contributed by atoms with Gasteiger partial charge in [-0.15, -0.1) is 0 Å². The number of nitrogens with one attached hydrogen (secondary N) is 1. The predicted octanol–water partition coefficient (Wildman–Crippen LogP) is 17.3. The fourth-order valence-electron chi connectivity index (χ4n) is 8.27. The molecule has 0 aromatic carbocycles. The lowest BCUT2D eigenvalue weighted by Gasteiger charge is -2.23. The van der Waals surface area contributed by atoms with Gasteiger partial charge in [-0.2, -0.15) is 0 Å². The van der Waals surface area contributed by atoms with Crippen molar-refractivity contribution >= 4 is 11.9 Å². The highest BCUT2D eigenvalue weighted by atomic mass is 16.5. The molecule has 6 nitrogen and oxygen atoms in total. The highest BCUT2D eigenvalue weighted by molar-refractivity contribution is 5.78. The third kappa shape index (κ3) is 47.8. The first-order valence-corrected chi connectivity index (χ1v) is 28.2. The summed E-state index contributed by atoms with van der Waals surface area (Å²) in [5.74, 6) is -0.629. The van der Waals surface area contributed by atoms with E-state index in [1.54, 1.807) is 6.08 Å². The van der Waals surface area contributed by atoms with Crippen LogP contribution in [0.25, 0.3) is 0 Å². The summed E-state index contributed by atoms with van der Waals surface area (Å²) < 4.78 is 5.84. The van der Waals surface area contributed by atoms with Crippen LogP contribution in [0.1, 0.15) is 271 Å². The van der Waals surface area contributed by atoms with Crippen molar-refractivity contribution < 1.29 is 24.5 Å². The molecule has 0 bridgehead atoms. The maximum Gasteiger partial charge on any atom is 0.306 e. The molecule has 3 atom stereocenters. The fourth-order valence-corrected chi connectivity index (χ4v) is 8.27. The standard InChI is InChI=1S/C60H107NO5/c1-4-7-10-13-16-19-22-25-28-30-32-35-38-41-44-47-50-53-60(65)66-56(51-48-45-42-39-36-33-27-24-21-18-15-12-9-6-3)54-59(64)61-57(55-62)58(63)52-49-46-43-40-37-34-31-29-26-23-20-17-14-11-8-5-2/h9,12,18,21,25,27-28,33,39,42,48,51,56-58,62-63H,4-8,10-11,13-17,19-20,22-24,26,29-32,34-38,40-41,43-47,49-50,52-55H2,1-3H3,(H,61,64)/b12-9+,21-18+,28-25+,33-27+,42-39+,51-48+. The normalized spacial score (nSPS) is 13.7. The molecule has 3 unspecified atom stereocenters. The Labute approximate surface area is 409 Å². The minimum absolute atomic E-state index is 0.0487. The van der Waals surface area contributed by atoms with Crippen molar-refractivity contribution in [2.24, 2.45) is 0 Å². The van der Waals surface area contributed by atoms with Crippen molar-refractivity contribution in [2.45, 2.75) is 289 Å². The molecule has 6 heteroatoms. The van der Waals surface area contributed by atoms with Crippen molar-refractivity contribution in [1.29, 1.82) is 0 Å². The number of carbonyl (C=O) groups is 2. The quantitative estimate of drug-likeness (QED) is 0.0321. The Balaban J connectivity index is 4.65. The van der Waals surface area contributed by atoms with Crippen LogP contribution in [0.3, 0.4) is 0 Å². The molecule has 0 aliphatic rings. The zero-order chi connectivity index (χ0) is 48.1. The molecule has 0 aliphatic carbocycles. The summed E-state index contributed by atoms with van der Waals surface area (Å²) in [5, 5.41) is 23.8. The molecule has 0 heterocycles. The molecule has 3 N–H and O–H groups in total. The first kappa shape index (κ1) is 63.3. The van der Waals surface area contributed by atoms with E-state index in [0.29, 0.717) is 19.3 Å². The Morgan fingerprint density at radius 3 is 1.27 bits per heavy atom. The first-order valence-electron chi connectivity index (χ1n) is 28.2. The second-order valence-electron chi connectivity index (χ2n) is 19.0. The molecular weight excluding hydrogens is 815 g/mol. The summed E-state index contributed by atoms with van der Waals surface area (Å²) in [5.41, 5.74) is 0. The fraction of sp³-hybridized carbons (Fsp3) is 0.767. The van der Waals surface area contributed by atoms with Gasteiger partial charge in [0.25, 0.3) is 0 Å². The summed E-state index contributed by atoms with van der Waals surface area (Å²) in [7, 11) is 0. The highest BCUT2D eigenvalue weighted by Gasteiger charge is 2.23. The minimum Gasteiger partial charge on any atom is -0.458 e. The highest BCUT2D eigenvalue weighted by Crippen LogP contribution is 2.17. The molecule has 0 saturated heterocycles. The summed E-state index contributed by atoms with van der Waals surface area (Å²) in [6, 6.07) is -0.745. The number of rotatable bonds is 50. The van der Waals surface area contributed by atoms with Gasteiger partial charge in [0.1, 0.15) is 6.10 Å². The maximum atomic E-state index is 13.2. The minimum atomic E-state index is -0.822. The Kier molecular flexibility index (Phi) is 51.1. The molecular formula is C60H107NO5. The van der Waals surface area contributed by atoms with E-state index < -0.39 is 18.2 Å². The van der Waals surface area contributed by atoms with Gasteiger partial charge < -0.3 is 20.3 Å². The lowest BCUT2D eigenvalue weighted by molar-refractivity contribution is -0.148. The number of unbranched alkanes of at least 4 members (excludes halogenated alkanes) is 28. The number of carbonyl (C=O) groups excluding carboxylic acids is 2. The summed E-state index contributed by atoms with van der Waals surface area (Å²) in [6.45, 7) is 6.35. The zero-order valence-electron chi connectivity index (χ0n) is 43.6. The molecule has 1 amide bonds. The van der Waals surface area contributed by atoms with Gasteiger partial charge in [0, 0.05) is 6.42 Å². The van der Waals surface area contributed by atoms with Crippen LogP contribution in [0, 0.1) is 0 Å². The molecule has 0 radical (unpaired) electrons. The van der Waals surface area contributed by atoms with E-state index >= 15 is 0 Å². The van der Waals surface area contributed by atoms with E-state index in [2.05, 4.69) is 86.8 Å². The summed E-state index contributed by atoms with van der Waals surface area (Å²) in [4.78, 5) is 26.2. The Morgan fingerprint density at radius 1 is 0.470 bits per heavy atom. The molecule has 0 aliphatic heterocycles. The first-order chi connectivity index (χ1) is 32.5. The predicted molar refractivity (Wildman–Crippen MR) is 287 cm³/mol. The smallest absolute Gasteiger partial charge is 0.306 e. The largest absolute Gasteiger partial charge is 0.458 e. The SMILES string of the molecule is CC/C=C/C/C=C/C/C=C/C/C=C/C/C=C/C(CC(=O)NC(CO)C(O)CCCCCCCCCCCCCCCCCC)OC(=O)CCCCCCCCC/C=C/CCCCCCCC. The van der Waals surface area contributed by atoms with Gasteiger partial charge >= 0.3 is 5.97 Å². The number of allylic oxidation sites excluding steroid dienone is 11. The number of aliphatic hydroxyl groups is 2. The second kappa shape index (κ2) is 53.3. The number of hydrogen-bond acceptors (Lipinski definition) is 5. The molecule has 0 aromatic heterocycles. The average molecular weight is 923 g/mol. The monoisotopic (exact) mass is 922 g/mol. The second-order valence-corrected chi connectivity index (χ2v) is 19.0. The van der Waals surface area contributed by atoms with Gasteiger partial charge in [-0.05, 0) is 76.7 Å². The Bertz CT molecular complexity index is 1220. The van der Waals surface area contributed by atoms with Crippen molar-refractivity contribution in [3.8, 4) is 0 Å². The van der Waals surface area contributed by atoms with E-state index in [4.69, 9.17) is 4.74 Å². The molecule has 66 heavy (non-hydrogen) atoms. The third-order valence-corrected chi connectivity index (χ3v) is 12.5. The van der Waals surface area contributed by atoms with E-state index in [1.807, 2.05) is 6.08 Å². The van der Waals surface area contributed by atoms with Gasteiger partial charge in [0.05, 0.1) is 25.2 Å². The van der Waals surface area contributed by atoms with Gasteiger partial charge in [-0.1, -0.05) is 255 Å². The number of amides is 1. The van der Waals surface area contributed by atoms with Crippen molar-refractivity contribution in [3.63, 3.8) is 0 Å². The van der Waals surface area contributed by atoms with Crippen molar-refractivity contribution in [3.05, 3.63) is 72.9 Å². The molecule has 0 fully saturated rings. The lowest BCUT2D eigenvalue weighted by atomic mass is 10.0. The molecule has 0 aromatic rings. The summed E-state index contributed by atoms with van der Waals surface area (Å²) >= 11 is 0. The van der Waals surface area contributed by atoms with E-state index in [1.165, 1.54) is 161 Å². The van der Waals surface area contributed by atoms with Gasteiger partial charge in [-0.25, -0.2) is 0 Å². The number of aliphatic hydroxyl groups excluding tert-OH is 2. The molecule has 0 saturated carbocycles. The number of ether oxygens (including phenoxy) is 1. The van der Waals surface area contributed by atoms with Crippen LogP contribution in [0.5, 0.6) is 0 Å². The van der Waals surface area contributed by atoms with Crippen LogP contribution in [0.4, 0.5) is 0 Å². The van der Waals surface area contributed by atoms with Crippen LogP contribution < -0.4 is 5.32 Å². The van der Waals surface area contributed by atoms with Crippen LogP contribution >= 0.6 is 0 Å². The van der Waals surface area contributed by atoms with Gasteiger partial charge in [-0.3, -0.25) is 9.59 Å². The topological polar surface area (TPSA) is 95.9 Å². The molecule has 382 valence electrons. The van der Waals surface area contributed by atoms with Crippen LogP contribution in [-0.2, 0) is 14.3 Å². The average Bonchev–Trinajstić information content (AvgIpc) is 3.31. The van der Waals surface area contributed by atoms with E-state index in [-0.39, 0.29) is 24.9 Å². The number of esters is 1. The number of hydrogen-bond donors (Lipinski definition) is 3. The van der Waals surface area contributed by atoms with Crippen molar-refractivity contribution in [2.75, 3.05) is 6.61 Å². The molecule has 0 rings (SSSR count). The Hall–Kier alpha value is -2.70. The maximum absolute atomic E-state index is 13.2. The Morgan fingerprint density at radius 2 is 0.848 bits per heavy atom. The van der Waals surface area contributed by atoms with E-state index in [0.717, 1.165) is 64.2 Å². The summed E-state index contributed by atoms with van der Waals surface area (Å²) in [6.07, 6.45) is 68.6. The molecule has 0 spiro atoms. The van der Waals surface area contributed by atoms with Crippen molar-refractivity contribution in [1.82, 2.24) is 5.32 Å². The van der Waals surface area contributed by atoms with Crippen LogP contribution in [0.15, 0.2) is 72.9 Å². The van der Waals surface area contributed by atoms with Gasteiger partial charge in [0.2, 0.25) is 5.91 Å². The van der Waals surface area contributed by atoms with Crippen LogP contribution in [-0.4, -0.2) is 46.9 Å². The lowest BCUT2D eigenvalue weighted by Crippen LogP contribution is -2.46. The van der Waals surface area contributed by atoms with Gasteiger partial charge in [0.15, 0.2) is 0 Å². The van der Waals surface area contributed by atoms with Crippen LogP contribution in [0.2, 0.25) is 0 Å². The van der Waals surface area contributed by atoms with E-state index in [9.17, 15) is 19.8 Å².